The molecule has 0 spiro atoms. The summed E-state index contributed by atoms with van der Waals surface area (Å²) >= 11 is 0. The number of hydrogen-bond acceptors (Lipinski definition) is 5. The van der Waals surface area contributed by atoms with Crippen LogP contribution in [0.1, 0.15) is 28.8 Å². The first-order chi connectivity index (χ1) is 13.0. The average Bonchev–Trinajstić information content (AvgIpc) is 2.65. The Morgan fingerprint density at radius 1 is 1.04 bits per heavy atom. The highest BCUT2D eigenvalue weighted by atomic mass is 16.3. The zero-order chi connectivity index (χ0) is 19.2. The normalized spacial score (nSPS) is 20.2. The van der Waals surface area contributed by atoms with Crippen LogP contribution in [0, 0.1) is 0 Å². The minimum absolute atomic E-state index is 0.0984. The second kappa shape index (κ2) is 8.55. The number of rotatable bonds is 4. The van der Waals surface area contributed by atoms with Gasteiger partial charge in [0.25, 0.3) is 5.91 Å². The van der Waals surface area contributed by atoms with Crippen molar-refractivity contribution in [1.29, 1.82) is 0 Å². The fourth-order valence-electron chi connectivity index (χ4n) is 3.03. The van der Waals surface area contributed by atoms with Gasteiger partial charge >= 0.3 is 0 Å². The van der Waals surface area contributed by atoms with Crippen LogP contribution in [-0.4, -0.2) is 40.8 Å². The summed E-state index contributed by atoms with van der Waals surface area (Å²) in [6.45, 7) is 0.554. The maximum absolute atomic E-state index is 12.4. The van der Waals surface area contributed by atoms with Crippen LogP contribution in [0.3, 0.4) is 0 Å². The van der Waals surface area contributed by atoms with Crippen LogP contribution in [-0.2, 0) is 11.2 Å². The minimum Gasteiger partial charge on any atom is -0.508 e. The lowest BCUT2D eigenvalue weighted by atomic mass is 10.0. The number of nitrogens with one attached hydrogen (secondary N) is 3. The molecule has 27 heavy (non-hydrogen) atoms. The van der Waals surface area contributed by atoms with Crippen LogP contribution in [0.15, 0.2) is 48.5 Å². The predicted molar refractivity (Wildman–Crippen MR) is 100 cm³/mol. The topological polar surface area (TPSA) is 111 Å². The third-order valence-corrected chi connectivity index (χ3v) is 4.50. The first-order valence-corrected chi connectivity index (χ1v) is 8.93. The number of hydrogen-bond donors (Lipinski definition) is 5. The van der Waals surface area contributed by atoms with Crippen LogP contribution >= 0.6 is 0 Å². The quantitative estimate of drug-likeness (QED) is 0.557. The molecule has 3 rings (SSSR count). The molecule has 2 amide bonds. The van der Waals surface area contributed by atoms with Crippen molar-refractivity contribution in [3.63, 3.8) is 0 Å². The molecule has 0 aliphatic carbocycles. The fraction of sp³-hybridized carbons (Fsp3) is 0.300. The number of phenolic OH excluding ortho intramolecular Hbond substituents is 2. The van der Waals surface area contributed by atoms with E-state index in [0.717, 1.165) is 12.0 Å². The van der Waals surface area contributed by atoms with Crippen molar-refractivity contribution in [2.45, 2.75) is 31.5 Å². The third-order valence-electron chi connectivity index (χ3n) is 4.50. The molecule has 1 aliphatic rings. The van der Waals surface area contributed by atoms with Crippen molar-refractivity contribution in [3.8, 4) is 11.5 Å². The zero-order valence-electron chi connectivity index (χ0n) is 14.8. The number of aromatic hydroxyl groups is 2. The van der Waals surface area contributed by atoms with E-state index in [1.807, 2.05) is 0 Å². The fourth-order valence-corrected chi connectivity index (χ4v) is 3.03. The summed E-state index contributed by atoms with van der Waals surface area (Å²) in [4.78, 5) is 24.9. The van der Waals surface area contributed by atoms with Gasteiger partial charge in [0.15, 0.2) is 0 Å². The highest BCUT2D eigenvalue weighted by Gasteiger charge is 2.25. The second-order valence-electron chi connectivity index (χ2n) is 6.60. The molecule has 0 aromatic heterocycles. The monoisotopic (exact) mass is 369 g/mol. The highest BCUT2D eigenvalue weighted by Crippen LogP contribution is 2.13. The maximum atomic E-state index is 12.4. The van der Waals surface area contributed by atoms with Gasteiger partial charge in [-0.1, -0.05) is 12.1 Å². The molecule has 0 radical (unpaired) electrons. The van der Waals surface area contributed by atoms with Gasteiger partial charge in [-0.15, -0.1) is 0 Å². The predicted octanol–water partition coefficient (Wildman–Crippen LogP) is 1.26. The molecule has 142 valence electrons. The number of carbonyl (C=O) groups excluding carboxylic acids is 2. The lowest BCUT2D eigenvalue weighted by Crippen LogP contribution is -2.57. The Morgan fingerprint density at radius 2 is 1.67 bits per heavy atom. The lowest BCUT2D eigenvalue weighted by molar-refractivity contribution is -0.123. The van der Waals surface area contributed by atoms with Gasteiger partial charge in [-0.25, -0.2) is 0 Å². The molecule has 2 atom stereocenters. The van der Waals surface area contributed by atoms with Crippen LogP contribution in [0.5, 0.6) is 11.5 Å². The molecular weight excluding hydrogens is 346 g/mol. The van der Waals surface area contributed by atoms with Crippen LogP contribution in [0.4, 0.5) is 0 Å². The first-order valence-electron chi connectivity index (χ1n) is 8.93. The van der Waals surface area contributed by atoms with Gasteiger partial charge in [0.1, 0.15) is 11.5 Å². The Labute approximate surface area is 157 Å². The molecule has 0 bridgehead atoms. The summed E-state index contributed by atoms with van der Waals surface area (Å²) in [5.74, 6) is -0.113. The highest BCUT2D eigenvalue weighted by molar-refractivity contribution is 5.94. The smallest absolute Gasteiger partial charge is 0.252 e. The van der Waals surface area contributed by atoms with Gasteiger partial charge in [-0.3, -0.25) is 14.9 Å². The molecule has 1 saturated heterocycles. The molecule has 5 N–H and O–H groups in total. The van der Waals surface area contributed by atoms with Gasteiger partial charge in [0, 0.05) is 12.1 Å². The molecule has 7 nitrogen and oxygen atoms in total. The van der Waals surface area contributed by atoms with Crippen molar-refractivity contribution in [2.75, 3.05) is 6.54 Å². The van der Waals surface area contributed by atoms with Crippen LogP contribution < -0.4 is 16.0 Å². The first kappa shape index (κ1) is 18.7. The van der Waals surface area contributed by atoms with Crippen molar-refractivity contribution >= 4 is 11.8 Å². The summed E-state index contributed by atoms with van der Waals surface area (Å²) in [5, 5.41) is 27.8. The van der Waals surface area contributed by atoms with E-state index in [4.69, 9.17) is 0 Å². The second-order valence-corrected chi connectivity index (χ2v) is 6.60. The van der Waals surface area contributed by atoms with Crippen molar-refractivity contribution in [2.24, 2.45) is 0 Å². The third kappa shape index (κ3) is 5.21. The molecule has 0 unspecified atom stereocenters. The van der Waals surface area contributed by atoms with E-state index in [0.29, 0.717) is 24.9 Å². The lowest BCUT2D eigenvalue weighted by Gasteiger charge is -2.29. The van der Waals surface area contributed by atoms with Gasteiger partial charge < -0.3 is 20.8 Å². The van der Waals surface area contributed by atoms with Gasteiger partial charge in [0.05, 0.1) is 12.2 Å². The average molecular weight is 369 g/mol. The molecule has 2 aromatic rings. The van der Waals surface area contributed by atoms with E-state index in [1.165, 1.54) is 12.1 Å². The Kier molecular flexibility index (Phi) is 5.93. The summed E-state index contributed by atoms with van der Waals surface area (Å²) in [7, 11) is 0. The summed E-state index contributed by atoms with van der Waals surface area (Å²) in [6, 6.07) is 12.2. The van der Waals surface area contributed by atoms with E-state index in [-0.39, 0.29) is 29.5 Å². The molecule has 1 heterocycles. The van der Waals surface area contributed by atoms with Crippen LogP contribution in [0.25, 0.3) is 0 Å². The number of benzene rings is 2. The van der Waals surface area contributed by atoms with Gasteiger partial charge in [0.2, 0.25) is 5.91 Å². The summed E-state index contributed by atoms with van der Waals surface area (Å²) < 4.78 is 0. The molecule has 1 fully saturated rings. The van der Waals surface area contributed by atoms with Gasteiger partial charge in [-0.2, -0.15) is 0 Å². The Hall–Kier alpha value is -3.06. The van der Waals surface area contributed by atoms with Crippen molar-refractivity contribution < 1.29 is 19.8 Å². The van der Waals surface area contributed by atoms with E-state index >= 15 is 0 Å². The van der Waals surface area contributed by atoms with E-state index in [2.05, 4.69) is 16.0 Å². The minimum atomic E-state index is -0.500. The molecule has 1 aliphatic heterocycles. The number of amides is 2. The number of carbonyl (C=O) groups is 2. The Balaban J connectivity index is 1.68. The maximum Gasteiger partial charge on any atom is 0.252 e. The largest absolute Gasteiger partial charge is 0.508 e. The Morgan fingerprint density at radius 3 is 2.33 bits per heavy atom. The molecule has 2 aromatic carbocycles. The van der Waals surface area contributed by atoms with Crippen molar-refractivity contribution in [3.05, 3.63) is 59.7 Å². The molecule has 0 saturated carbocycles. The van der Waals surface area contributed by atoms with Crippen LogP contribution in [0.2, 0.25) is 0 Å². The SMILES string of the molecule is O=C(N[C@@H]1CCCNC(=O)[C@H](Cc2ccc(O)cc2)N1)c1ccc(O)cc1. The standard InChI is InChI=1S/C20H23N3O4/c24-15-7-3-13(4-8-15)12-17-20(27)21-11-1-2-18(22-17)23-19(26)14-5-9-16(25)10-6-14/h3-10,17-18,22,24-25H,1-2,11-12H2,(H,21,27)(H,23,26)/t17-,18+/m0/s1. The van der Waals surface area contributed by atoms with Gasteiger partial charge in [-0.05, 0) is 61.2 Å². The van der Waals surface area contributed by atoms with E-state index in [1.54, 1.807) is 36.4 Å². The van der Waals surface area contributed by atoms with E-state index in [9.17, 15) is 19.8 Å². The van der Waals surface area contributed by atoms with E-state index < -0.39 is 6.04 Å². The number of phenols is 2. The van der Waals surface area contributed by atoms with Crippen molar-refractivity contribution in [1.82, 2.24) is 16.0 Å². The molecular formula is C20H23N3O4. The molecule has 7 heteroatoms. The summed E-state index contributed by atoms with van der Waals surface area (Å²) in [6.07, 6.45) is 1.51. The Bertz CT molecular complexity index is 790. The zero-order valence-corrected chi connectivity index (χ0v) is 14.8. The summed E-state index contributed by atoms with van der Waals surface area (Å²) in [5.41, 5.74) is 1.35.